The van der Waals surface area contributed by atoms with E-state index in [2.05, 4.69) is 6.92 Å². The molecule has 1 aromatic rings. The van der Waals surface area contributed by atoms with Crippen molar-refractivity contribution >= 4 is 11.9 Å². The zero-order valence-electron chi connectivity index (χ0n) is 13.4. The number of carboxylic acids is 1. The molecule has 0 aromatic carbocycles. The van der Waals surface area contributed by atoms with Crippen molar-refractivity contribution in [3.8, 4) is 0 Å². The van der Waals surface area contributed by atoms with Crippen LogP contribution in [-0.2, 0) is 16.1 Å². The van der Waals surface area contributed by atoms with Gasteiger partial charge >= 0.3 is 5.97 Å². The van der Waals surface area contributed by atoms with Crippen LogP contribution < -0.4 is 0 Å². The molecule has 0 aliphatic heterocycles. The Hall–Kier alpha value is -1.78. The van der Waals surface area contributed by atoms with Gasteiger partial charge < -0.3 is 14.4 Å². The van der Waals surface area contributed by atoms with Gasteiger partial charge in [0.1, 0.15) is 11.5 Å². The summed E-state index contributed by atoms with van der Waals surface area (Å²) < 4.78 is 5.93. The van der Waals surface area contributed by atoms with Gasteiger partial charge in [-0.2, -0.15) is 0 Å². The first kappa shape index (κ1) is 14.8. The van der Waals surface area contributed by atoms with E-state index in [0.717, 1.165) is 24.4 Å². The maximum atomic E-state index is 12.8. The SMILES string of the molecule is CC1CC1c1ccc(CN(C(=O)C2CCC2C(=O)O)C2CC2)o1. The van der Waals surface area contributed by atoms with Gasteiger partial charge in [0.15, 0.2) is 0 Å². The molecule has 4 rings (SSSR count). The van der Waals surface area contributed by atoms with Gasteiger partial charge in [-0.05, 0) is 50.2 Å². The summed E-state index contributed by atoms with van der Waals surface area (Å²) in [6, 6.07) is 4.27. The predicted octanol–water partition coefficient (Wildman–Crippen LogP) is 3.00. The van der Waals surface area contributed by atoms with E-state index in [1.807, 2.05) is 17.0 Å². The van der Waals surface area contributed by atoms with Crippen LogP contribution in [0.5, 0.6) is 0 Å². The molecule has 0 bridgehead atoms. The summed E-state index contributed by atoms with van der Waals surface area (Å²) in [5.74, 6) is 1.41. The number of carboxylic acid groups (broad SMARTS) is 1. The summed E-state index contributed by atoms with van der Waals surface area (Å²) in [6.07, 6.45) is 4.53. The minimum absolute atomic E-state index is 0.00360. The molecule has 5 nitrogen and oxygen atoms in total. The molecule has 3 aliphatic carbocycles. The van der Waals surface area contributed by atoms with Gasteiger partial charge in [0, 0.05) is 12.0 Å². The number of rotatable bonds is 6. The molecule has 124 valence electrons. The van der Waals surface area contributed by atoms with Crippen LogP contribution in [0.3, 0.4) is 0 Å². The lowest BCUT2D eigenvalue weighted by molar-refractivity contribution is -0.157. The number of aliphatic carboxylic acids is 1. The van der Waals surface area contributed by atoms with E-state index < -0.39 is 11.9 Å². The van der Waals surface area contributed by atoms with Gasteiger partial charge in [-0.3, -0.25) is 9.59 Å². The average molecular weight is 317 g/mol. The van der Waals surface area contributed by atoms with E-state index in [9.17, 15) is 14.7 Å². The van der Waals surface area contributed by atoms with Crippen LogP contribution in [0.25, 0.3) is 0 Å². The summed E-state index contributed by atoms with van der Waals surface area (Å²) in [6.45, 7) is 2.70. The van der Waals surface area contributed by atoms with Crippen molar-refractivity contribution < 1.29 is 19.1 Å². The van der Waals surface area contributed by atoms with E-state index in [-0.39, 0.29) is 17.9 Å². The van der Waals surface area contributed by atoms with Crippen molar-refractivity contribution in [2.45, 2.75) is 57.5 Å². The second kappa shape index (κ2) is 5.39. The van der Waals surface area contributed by atoms with E-state index in [0.29, 0.717) is 31.2 Å². The van der Waals surface area contributed by atoms with E-state index >= 15 is 0 Å². The van der Waals surface area contributed by atoms with Crippen LogP contribution in [-0.4, -0.2) is 27.9 Å². The Labute approximate surface area is 135 Å². The van der Waals surface area contributed by atoms with Crippen LogP contribution in [0.15, 0.2) is 16.5 Å². The third-order valence-corrected chi connectivity index (χ3v) is 5.66. The van der Waals surface area contributed by atoms with Crippen molar-refractivity contribution in [2.24, 2.45) is 17.8 Å². The van der Waals surface area contributed by atoms with Crippen molar-refractivity contribution in [3.05, 3.63) is 23.7 Å². The molecule has 1 N–H and O–H groups in total. The lowest BCUT2D eigenvalue weighted by Crippen LogP contribution is -2.46. The van der Waals surface area contributed by atoms with Crippen molar-refractivity contribution in [2.75, 3.05) is 0 Å². The van der Waals surface area contributed by atoms with Crippen molar-refractivity contribution in [1.82, 2.24) is 4.90 Å². The number of furan rings is 1. The minimum Gasteiger partial charge on any atom is -0.481 e. The highest BCUT2D eigenvalue weighted by Crippen LogP contribution is 2.47. The summed E-state index contributed by atoms with van der Waals surface area (Å²) >= 11 is 0. The molecule has 3 aliphatic rings. The van der Waals surface area contributed by atoms with Crippen LogP contribution in [0, 0.1) is 17.8 Å². The first-order valence-electron chi connectivity index (χ1n) is 8.66. The number of hydrogen-bond donors (Lipinski definition) is 1. The standard InChI is InChI=1S/C18H23NO4/c1-10-8-15(10)16-7-4-12(23-16)9-19(11-2-3-11)17(20)13-5-6-14(13)18(21)22/h4,7,10-11,13-15H,2-3,5-6,8-9H2,1H3,(H,21,22). The molecule has 3 fully saturated rings. The molecule has 5 heteroatoms. The quantitative estimate of drug-likeness (QED) is 0.875. The molecule has 0 saturated heterocycles. The molecular weight excluding hydrogens is 294 g/mol. The van der Waals surface area contributed by atoms with Crippen LogP contribution in [0.2, 0.25) is 0 Å². The second-order valence-corrected chi connectivity index (χ2v) is 7.45. The zero-order valence-corrected chi connectivity index (χ0v) is 13.4. The van der Waals surface area contributed by atoms with Gasteiger partial charge in [0.2, 0.25) is 5.91 Å². The fourth-order valence-electron chi connectivity index (χ4n) is 3.64. The first-order valence-corrected chi connectivity index (χ1v) is 8.66. The zero-order chi connectivity index (χ0) is 16.1. The molecule has 0 radical (unpaired) electrons. The van der Waals surface area contributed by atoms with Crippen LogP contribution >= 0.6 is 0 Å². The molecule has 1 heterocycles. The topological polar surface area (TPSA) is 70.8 Å². The number of carbonyl (C=O) groups excluding carboxylic acids is 1. The summed E-state index contributed by atoms with van der Waals surface area (Å²) in [4.78, 5) is 25.8. The molecule has 23 heavy (non-hydrogen) atoms. The fraction of sp³-hybridized carbons (Fsp3) is 0.667. The second-order valence-electron chi connectivity index (χ2n) is 7.45. The van der Waals surface area contributed by atoms with Crippen molar-refractivity contribution in [3.63, 3.8) is 0 Å². The molecule has 4 atom stereocenters. The van der Waals surface area contributed by atoms with E-state index in [1.54, 1.807) is 0 Å². The lowest BCUT2D eigenvalue weighted by Gasteiger charge is -2.36. The summed E-state index contributed by atoms with van der Waals surface area (Å²) in [5.41, 5.74) is 0. The average Bonchev–Trinajstić information content (AvgIpc) is 3.36. The largest absolute Gasteiger partial charge is 0.481 e. The highest BCUT2D eigenvalue weighted by molar-refractivity contribution is 5.86. The van der Waals surface area contributed by atoms with Crippen molar-refractivity contribution in [1.29, 1.82) is 0 Å². The molecule has 1 amide bonds. The van der Waals surface area contributed by atoms with Gasteiger partial charge in [-0.15, -0.1) is 0 Å². The number of hydrogen-bond acceptors (Lipinski definition) is 3. The van der Waals surface area contributed by atoms with E-state index in [1.165, 1.54) is 6.42 Å². The van der Waals surface area contributed by atoms with Gasteiger partial charge in [0.05, 0.1) is 18.4 Å². The smallest absolute Gasteiger partial charge is 0.307 e. The van der Waals surface area contributed by atoms with Crippen LogP contribution in [0.1, 0.15) is 56.5 Å². The van der Waals surface area contributed by atoms with Gasteiger partial charge in [-0.1, -0.05) is 6.92 Å². The lowest BCUT2D eigenvalue weighted by atomic mass is 9.73. The minimum atomic E-state index is -0.839. The van der Waals surface area contributed by atoms with Crippen LogP contribution in [0.4, 0.5) is 0 Å². The Kier molecular flexibility index (Phi) is 3.47. The first-order chi connectivity index (χ1) is 11.0. The number of nitrogens with zero attached hydrogens (tertiary/aromatic N) is 1. The number of amides is 1. The normalized spacial score (nSPS) is 32.2. The highest BCUT2D eigenvalue weighted by Gasteiger charge is 2.46. The van der Waals surface area contributed by atoms with E-state index in [4.69, 9.17) is 4.42 Å². The Morgan fingerprint density at radius 2 is 1.91 bits per heavy atom. The maximum absolute atomic E-state index is 12.8. The fourth-order valence-corrected chi connectivity index (χ4v) is 3.64. The summed E-state index contributed by atoms with van der Waals surface area (Å²) in [5, 5.41) is 9.19. The number of carbonyl (C=O) groups is 2. The Balaban J connectivity index is 1.45. The molecule has 4 unspecified atom stereocenters. The highest BCUT2D eigenvalue weighted by atomic mass is 16.4. The van der Waals surface area contributed by atoms with Gasteiger partial charge in [-0.25, -0.2) is 0 Å². The summed E-state index contributed by atoms with van der Waals surface area (Å²) in [7, 11) is 0. The maximum Gasteiger partial charge on any atom is 0.307 e. The third kappa shape index (κ3) is 2.77. The third-order valence-electron chi connectivity index (χ3n) is 5.66. The molecule has 3 saturated carbocycles. The molecule has 0 spiro atoms. The Morgan fingerprint density at radius 1 is 1.22 bits per heavy atom. The Bertz CT molecular complexity index is 633. The Morgan fingerprint density at radius 3 is 2.43 bits per heavy atom. The predicted molar refractivity (Wildman–Crippen MR) is 82.7 cm³/mol. The van der Waals surface area contributed by atoms with Gasteiger partial charge in [0.25, 0.3) is 0 Å². The molecule has 1 aromatic heterocycles. The monoisotopic (exact) mass is 317 g/mol. The molecular formula is C18H23NO4.